The first-order chi connectivity index (χ1) is 11.3. The fourth-order valence-corrected chi connectivity index (χ4v) is 2.93. The summed E-state index contributed by atoms with van der Waals surface area (Å²) in [6.07, 6.45) is 2.19. The van der Waals surface area contributed by atoms with E-state index in [9.17, 15) is 4.79 Å². The molecule has 23 heavy (non-hydrogen) atoms. The van der Waals surface area contributed by atoms with Gasteiger partial charge >= 0.3 is 0 Å². The van der Waals surface area contributed by atoms with Crippen LogP contribution in [0.3, 0.4) is 0 Å². The Morgan fingerprint density at radius 1 is 1.09 bits per heavy atom. The number of hydrogen-bond donors (Lipinski definition) is 1. The van der Waals surface area contributed by atoms with Crippen LogP contribution in [0.15, 0.2) is 42.5 Å². The van der Waals surface area contributed by atoms with Crippen molar-refractivity contribution in [2.75, 3.05) is 13.2 Å². The van der Waals surface area contributed by atoms with Gasteiger partial charge in [0.05, 0.1) is 28.2 Å². The number of amides is 1. The predicted octanol–water partition coefficient (Wildman–Crippen LogP) is 2.69. The van der Waals surface area contributed by atoms with Crippen molar-refractivity contribution < 1.29 is 9.53 Å². The van der Waals surface area contributed by atoms with E-state index >= 15 is 0 Å². The zero-order valence-electron chi connectivity index (χ0n) is 12.7. The highest BCUT2D eigenvalue weighted by Crippen LogP contribution is 2.19. The number of carbonyl (C=O) groups is 1. The number of para-hydroxylation sites is 3. The normalized spacial score (nSPS) is 17.7. The van der Waals surface area contributed by atoms with Crippen LogP contribution in [-0.4, -0.2) is 35.1 Å². The summed E-state index contributed by atoms with van der Waals surface area (Å²) in [5, 5.41) is 2.95. The highest BCUT2D eigenvalue weighted by atomic mass is 16.5. The SMILES string of the molecule is O=C(NC[C@H]1CCCO1)c1cccc2nc3ccccc3nc12. The molecule has 5 nitrogen and oxygen atoms in total. The molecule has 4 rings (SSSR count). The van der Waals surface area contributed by atoms with E-state index in [-0.39, 0.29) is 12.0 Å². The Labute approximate surface area is 133 Å². The molecule has 0 bridgehead atoms. The summed E-state index contributed by atoms with van der Waals surface area (Å²) in [5.41, 5.74) is 3.54. The fourth-order valence-electron chi connectivity index (χ4n) is 2.93. The predicted molar refractivity (Wildman–Crippen MR) is 88.4 cm³/mol. The summed E-state index contributed by atoms with van der Waals surface area (Å²) in [6.45, 7) is 1.32. The number of carbonyl (C=O) groups excluding carboxylic acids is 1. The van der Waals surface area contributed by atoms with Gasteiger partial charge in [0.1, 0.15) is 5.52 Å². The Bertz CT molecular complexity index is 872. The van der Waals surface area contributed by atoms with Gasteiger partial charge in [-0.25, -0.2) is 9.97 Å². The van der Waals surface area contributed by atoms with E-state index in [1.165, 1.54) is 0 Å². The molecule has 1 fully saturated rings. The van der Waals surface area contributed by atoms with Crippen molar-refractivity contribution in [3.05, 3.63) is 48.0 Å². The second-order valence-corrected chi connectivity index (χ2v) is 5.73. The molecule has 1 aliphatic rings. The maximum Gasteiger partial charge on any atom is 0.253 e. The number of nitrogens with one attached hydrogen (secondary N) is 1. The molecule has 2 aromatic carbocycles. The van der Waals surface area contributed by atoms with Crippen LogP contribution in [0.2, 0.25) is 0 Å². The zero-order valence-corrected chi connectivity index (χ0v) is 12.7. The van der Waals surface area contributed by atoms with Crippen LogP contribution in [0.4, 0.5) is 0 Å². The molecule has 1 aromatic heterocycles. The number of benzene rings is 2. The number of ether oxygens (including phenoxy) is 1. The van der Waals surface area contributed by atoms with E-state index in [0.717, 1.165) is 36.0 Å². The number of aromatic nitrogens is 2. The second-order valence-electron chi connectivity index (χ2n) is 5.73. The third-order valence-corrected chi connectivity index (χ3v) is 4.13. The molecule has 1 N–H and O–H groups in total. The van der Waals surface area contributed by atoms with E-state index in [1.54, 1.807) is 6.07 Å². The van der Waals surface area contributed by atoms with Gasteiger partial charge in [-0.3, -0.25) is 4.79 Å². The monoisotopic (exact) mass is 307 g/mol. The minimum atomic E-state index is -0.129. The molecule has 1 amide bonds. The highest BCUT2D eigenvalue weighted by Gasteiger charge is 2.18. The first-order valence-electron chi connectivity index (χ1n) is 7.86. The van der Waals surface area contributed by atoms with Crippen LogP contribution in [0, 0.1) is 0 Å². The van der Waals surface area contributed by atoms with Gasteiger partial charge in [-0.2, -0.15) is 0 Å². The largest absolute Gasteiger partial charge is 0.376 e. The van der Waals surface area contributed by atoms with Gasteiger partial charge < -0.3 is 10.1 Å². The van der Waals surface area contributed by atoms with Gasteiger partial charge in [0.2, 0.25) is 0 Å². The van der Waals surface area contributed by atoms with Crippen molar-refractivity contribution in [2.24, 2.45) is 0 Å². The molecule has 1 saturated heterocycles. The molecule has 0 spiro atoms. The van der Waals surface area contributed by atoms with Crippen LogP contribution >= 0.6 is 0 Å². The summed E-state index contributed by atoms with van der Waals surface area (Å²) in [6, 6.07) is 13.2. The van der Waals surface area contributed by atoms with Crippen LogP contribution in [0.25, 0.3) is 22.1 Å². The van der Waals surface area contributed by atoms with Crippen molar-refractivity contribution in [3.8, 4) is 0 Å². The summed E-state index contributed by atoms with van der Waals surface area (Å²) in [4.78, 5) is 21.7. The van der Waals surface area contributed by atoms with Crippen molar-refractivity contribution in [1.29, 1.82) is 0 Å². The lowest BCUT2D eigenvalue weighted by Gasteiger charge is -2.11. The third kappa shape index (κ3) is 2.75. The van der Waals surface area contributed by atoms with Crippen molar-refractivity contribution >= 4 is 28.0 Å². The summed E-state index contributed by atoms with van der Waals surface area (Å²) in [5.74, 6) is -0.129. The molecular formula is C18H17N3O2. The molecule has 116 valence electrons. The molecular weight excluding hydrogens is 290 g/mol. The molecule has 0 radical (unpaired) electrons. The topological polar surface area (TPSA) is 64.1 Å². The molecule has 0 unspecified atom stereocenters. The quantitative estimate of drug-likeness (QED) is 0.756. The van der Waals surface area contributed by atoms with E-state index in [0.29, 0.717) is 17.6 Å². The minimum absolute atomic E-state index is 0.126. The number of hydrogen-bond acceptors (Lipinski definition) is 4. The van der Waals surface area contributed by atoms with Crippen LogP contribution in [0.5, 0.6) is 0 Å². The molecule has 5 heteroatoms. The smallest absolute Gasteiger partial charge is 0.253 e. The average molecular weight is 307 g/mol. The Balaban J connectivity index is 1.68. The van der Waals surface area contributed by atoms with Crippen molar-refractivity contribution in [1.82, 2.24) is 15.3 Å². The Kier molecular flexibility index (Phi) is 3.63. The van der Waals surface area contributed by atoms with Crippen LogP contribution in [0.1, 0.15) is 23.2 Å². The van der Waals surface area contributed by atoms with Gasteiger partial charge in [-0.15, -0.1) is 0 Å². The van der Waals surface area contributed by atoms with Gasteiger partial charge in [-0.1, -0.05) is 18.2 Å². The lowest BCUT2D eigenvalue weighted by Crippen LogP contribution is -2.31. The van der Waals surface area contributed by atoms with E-state index in [2.05, 4.69) is 15.3 Å². The van der Waals surface area contributed by atoms with Gasteiger partial charge in [0.25, 0.3) is 5.91 Å². The minimum Gasteiger partial charge on any atom is -0.376 e. The fraction of sp³-hybridized carbons (Fsp3) is 0.278. The zero-order chi connectivity index (χ0) is 15.6. The lowest BCUT2D eigenvalue weighted by atomic mass is 10.1. The lowest BCUT2D eigenvalue weighted by molar-refractivity contribution is 0.0859. The van der Waals surface area contributed by atoms with E-state index in [1.807, 2.05) is 36.4 Å². The molecule has 1 atom stereocenters. The molecule has 1 aliphatic heterocycles. The van der Waals surface area contributed by atoms with Crippen molar-refractivity contribution in [2.45, 2.75) is 18.9 Å². The van der Waals surface area contributed by atoms with Crippen LogP contribution in [-0.2, 0) is 4.74 Å². The molecule has 3 aromatic rings. The maximum absolute atomic E-state index is 12.5. The van der Waals surface area contributed by atoms with Gasteiger partial charge in [0.15, 0.2) is 0 Å². The first-order valence-corrected chi connectivity index (χ1v) is 7.86. The van der Waals surface area contributed by atoms with Gasteiger partial charge in [0, 0.05) is 13.2 Å². The highest BCUT2D eigenvalue weighted by molar-refractivity contribution is 6.06. The summed E-state index contributed by atoms with van der Waals surface area (Å²) >= 11 is 0. The maximum atomic E-state index is 12.5. The Hall–Kier alpha value is -2.53. The summed E-state index contributed by atoms with van der Waals surface area (Å²) in [7, 11) is 0. The Morgan fingerprint density at radius 2 is 1.87 bits per heavy atom. The number of fused-ring (bicyclic) bond motifs is 2. The Morgan fingerprint density at radius 3 is 2.65 bits per heavy atom. The number of rotatable bonds is 3. The molecule has 0 saturated carbocycles. The van der Waals surface area contributed by atoms with Crippen molar-refractivity contribution in [3.63, 3.8) is 0 Å². The first kappa shape index (κ1) is 14.1. The van der Waals surface area contributed by atoms with Crippen LogP contribution < -0.4 is 5.32 Å². The average Bonchev–Trinajstić information content (AvgIpc) is 3.11. The third-order valence-electron chi connectivity index (χ3n) is 4.13. The van der Waals surface area contributed by atoms with E-state index in [4.69, 9.17) is 4.74 Å². The van der Waals surface area contributed by atoms with E-state index < -0.39 is 0 Å². The van der Waals surface area contributed by atoms with Gasteiger partial charge in [-0.05, 0) is 37.1 Å². The summed E-state index contributed by atoms with van der Waals surface area (Å²) < 4.78 is 5.54. The molecule has 0 aliphatic carbocycles. The second kappa shape index (κ2) is 5.93. The standard InChI is InChI=1S/C18H17N3O2/c22-18(19-11-12-5-4-10-23-12)13-6-3-9-16-17(13)21-15-8-2-1-7-14(15)20-16/h1-3,6-9,12H,4-5,10-11H2,(H,19,22)/t12-/m1/s1. The number of nitrogens with zero attached hydrogens (tertiary/aromatic N) is 2. The molecule has 2 heterocycles.